The number of hydrogen-bond acceptors (Lipinski definition) is 4. The van der Waals surface area contributed by atoms with E-state index in [0.29, 0.717) is 24.9 Å². The predicted octanol–water partition coefficient (Wildman–Crippen LogP) is 4.15. The van der Waals surface area contributed by atoms with E-state index in [1.807, 2.05) is 42.3 Å². The lowest BCUT2D eigenvalue weighted by molar-refractivity contribution is -0.0498. The summed E-state index contributed by atoms with van der Waals surface area (Å²) in [5.74, 6) is 1.37. The molecule has 0 unspecified atom stereocenters. The molecule has 3 rings (SSSR count). The molecule has 0 aliphatic carbocycles. The molecule has 0 bridgehead atoms. The molecule has 0 saturated heterocycles. The fraction of sp³-hybridized carbons (Fsp3) is 0.238. The second-order valence-corrected chi connectivity index (χ2v) is 6.29. The molecule has 2 aromatic carbocycles. The van der Waals surface area contributed by atoms with Gasteiger partial charge in [-0.05, 0) is 29.8 Å². The van der Waals surface area contributed by atoms with Gasteiger partial charge in [0.25, 0.3) is 0 Å². The quantitative estimate of drug-likeness (QED) is 0.477. The summed E-state index contributed by atoms with van der Waals surface area (Å²) in [6.07, 6.45) is 1.62. The van der Waals surface area contributed by atoms with Crippen LogP contribution < -0.4 is 10.1 Å². The first kappa shape index (κ1) is 20.3. The van der Waals surface area contributed by atoms with Crippen molar-refractivity contribution in [2.24, 2.45) is 4.99 Å². The Balaban J connectivity index is 1.55. The van der Waals surface area contributed by atoms with Crippen LogP contribution >= 0.6 is 0 Å². The zero-order valence-electron chi connectivity index (χ0n) is 16.2. The molecule has 1 aromatic heterocycles. The molecule has 1 heterocycles. The van der Waals surface area contributed by atoms with Crippen molar-refractivity contribution in [3.05, 3.63) is 72.1 Å². The fourth-order valence-electron chi connectivity index (χ4n) is 2.78. The summed E-state index contributed by atoms with van der Waals surface area (Å²) >= 11 is 0. The Morgan fingerprint density at radius 1 is 1.17 bits per heavy atom. The lowest BCUT2D eigenvalue weighted by Gasteiger charge is -2.22. The number of ether oxygens (including phenoxy) is 1. The van der Waals surface area contributed by atoms with Gasteiger partial charge in [0.2, 0.25) is 5.89 Å². The molecule has 3 aromatic rings. The molecule has 0 atom stereocenters. The Morgan fingerprint density at radius 2 is 1.90 bits per heavy atom. The summed E-state index contributed by atoms with van der Waals surface area (Å²) in [6, 6.07) is 16.2. The molecule has 0 fully saturated rings. The first-order chi connectivity index (χ1) is 14.0. The molecule has 6 nitrogen and oxygen atoms in total. The van der Waals surface area contributed by atoms with Gasteiger partial charge in [0.1, 0.15) is 12.0 Å². The molecular formula is C21H22F2N4O2. The standard InChI is InChI=1S/C21H22F2N4O2/c1-24-21(27(2)13-15-8-10-18(11-9-15)29-20(22)23)25-12-17-14-28-19(26-17)16-6-4-3-5-7-16/h3-11,14,20H,12-13H2,1-2H3,(H,24,25). The van der Waals surface area contributed by atoms with E-state index in [1.54, 1.807) is 25.4 Å². The van der Waals surface area contributed by atoms with Gasteiger partial charge in [-0.2, -0.15) is 8.78 Å². The third-order valence-corrected chi connectivity index (χ3v) is 4.14. The molecule has 0 aliphatic heterocycles. The van der Waals surface area contributed by atoms with Crippen molar-refractivity contribution >= 4 is 5.96 Å². The summed E-state index contributed by atoms with van der Waals surface area (Å²) in [4.78, 5) is 10.7. The zero-order chi connectivity index (χ0) is 20.6. The molecule has 8 heteroatoms. The van der Waals surface area contributed by atoms with Gasteiger partial charge in [-0.25, -0.2) is 4.98 Å². The van der Waals surface area contributed by atoms with E-state index < -0.39 is 6.61 Å². The van der Waals surface area contributed by atoms with Crippen molar-refractivity contribution < 1.29 is 17.9 Å². The summed E-state index contributed by atoms with van der Waals surface area (Å²) in [5, 5.41) is 3.24. The van der Waals surface area contributed by atoms with Crippen molar-refractivity contribution in [3.8, 4) is 17.2 Å². The third-order valence-electron chi connectivity index (χ3n) is 4.14. The maximum absolute atomic E-state index is 12.2. The smallest absolute Gasteiger partial charge is 0.387 e. The van der Waals surface area contributed by atoms with Crippen LogP contribution in [0.15, 0.2) is 70.3 Å². The highest BCUT2D eigenvalue weighted by Crippen LogP contribution is 2.18. The fourth-order valence-corrected chi connectivity index (χ4v) is 2.78. The summed E-state index contributed by atoms with van der Waals surface area (Å²) in [5.41, 5.74) is 2.61. The largest absolute Gasteiger partial charge is 0.444 e. The molecule has 0 amide bonds. The van der Waals surface area contributed by atoms with Crippen LogP contribution in [0.3, 0.4) is 0 Å². The maximum atomic E-state index is 12.2. The first-order valence-corrected chi connectivity index (χ1v) is 9.00. The Hall–Kier alpha value is -3.42. The van der Waals surface area contributed by atoms with Gasteiger partial charge in [-0.1, -0.05) is 30.3 Å². The lowest BCUT2D eigenvalue weighted by Crippen LogP contribution is -2.38. The van der Waals surface area contributed by atoms with E-state index in [2.05, 4.69) is 20.0 Å². The second-order valence-electron chi connectivity index (χ2n) is 6.29. The highest BCUT2D eigenvalue weighted by Gasteiger charge is 2.10. The Morgan fingerprint density at radius 3 is 2.55 bits per heavy atom. The summed E-state index contributed by atoms with van der Waals surface area (Å²) < 4.78 is 34.4. The van der Waals surface area contributed by atoms with E-state index in [9.17, 15) is 8.78 Å². The number of nitrogens with zero attached hydrogens (tertiary/aromatic N) is 3. The van der Waals surface area contributed by atoms with Crippen LogP contribution in [0.4, 0.5) is 8.78 Å². The van der Waals surface area contributed by atoms with Gasteiger partial charge in [0.05, 0.1) is 12.2 Å². The highest BCUT2D eigenvalue weighted by atomic mass is 19.3. The van der Waals surface area contributed by atoms with Crippen LogP contribution in [-0.4, -0.2) is 36.6 Å². The van der Waals surface area contributed by atoms with Crippen molar-refractivity contribution in [3.63, 3.8) is 0 Å². The Bertz CT molecular complexity index is 927. The molecule has 1 N–H and O–H groups in total. The van der Waals surface area contributed by atoms with Gasteiger partial charge >= 0.3 is 6.61 Å². The van der Waals surface area contributed by atoms with Crippen molar-refractivity contribution in [1.29, 1.82) is 0 Å². The maximum Gasteiger partial charge on any atom is 0.387 e. The van der Waals surface area contributed by atoms with E-state index in [-0.39, 0.29) is 5.75 Å². The van der Waals surface area contributed by atoms with Crippen LogP contribution in [0.2, 0.25) is 0 Å². The monoisotopic (exact) mass is 400 g/mol. The van der Waals surface area contributed by atoms with Crippen molar-refractivity contribution in [2.75, 3.05) is 14.1 Å². The third kappa shape index (κ3) is 5.78. The van der Waals surface area contributed by atoms with Gasteiger partial charge in [0.15, 0.2) is 5.96 Å². The molecular weight excluding hydrogens is 378 g/mol. The van der Waals surface area contributed by atoms with E-state index in [4.69, 9.17) is 4.42 Å². The highest BCUT2D eigenvalue weighted by molar-refractivity contribution is 5.79. The number of aliphatic imine (C=N–C) groups is 1. The number of rotatable bonds is 7. The van der Waals surface area contributed by atoms with Gasteiger partial charge in [-0.3, -0.25) is 4.99 Å². The number of alkyl halides is 2. The minimum atomic E-state index is -2.83. The van der Waals surface area contributed by atoms with Gasteiger partial charge in [-0.15, -0.1) is 0 Å². The predicted molar refractivity (Wildman–Crippen MR) is 107 cm³/mol. The van der Waals surface area contributed by atoms with Crippen LogP contribution in [0.1, 0.15) is 11.3 Å². The lowest BCUT2D eigenvalue weighted by atomic mass is 10.2. The number of nitrogens with one attached hydrogen (secondary N) is 1. The Kier molecular flexibility index (Phi) is 6.78. The number of aromatic nitrogens is 1. The van der Waals surface area contributed by atoms with Crippen LogP contribution in [-0.2, 0) is 13.1 Å². The number of guanidine groups is 1. The van der Waals surface area contributed by atoms with Crippen molar-refractivity contribution in [2.45, 2.75) is 19.7 Å². The molecule has 0 saturated carbocycles. The molecule has 29 heavy (non-hydrogen) atoms. The van der Waals surface area contributed by atoms with Crippen LogP contribution in [0.5, 0.6) is 5.75 Å². The van der Waals surface area contributed by atoms with E-state index >= 15 is 0 Å². The van der Waals surface area contributed by atoms with Gasteiger partial charge in [0, 0.05) is 26.2 Å². The molecule has 0 radical (unpaired) electrons. The summed E-state index contributed by atoms with van der Waals surface area (Å²) in [6.45, 7) is -1.83. The Labute approximate surface area is 167 Å². The normalized spacial score (nSPS) is 11.6. The first-order valence-electron chi connectivity index (χ1n) is 9.00. The SMILES string of the molecule is CN=C(NCc1coc(-c2ccccc2)n1)N(C)Cc1ccc(OC(F)F)cc1. The molecule has 152 valence electrons. The van der Waals surface area contributed by atoms with Gasteiger partial charge < -0.3 is 19.4 Å². The van der Waals surface area contributed by atoms with Crippen LogP contribution in [0, 0.1) is 0 Å². The zero-order valence-corrected chi connectivity index (χ0v) is 16.2. The average molecular weight is 400 g/mol. The second kappa shape index (κ2) is 9.68. The van der Waals surface area contributed by atoms with E-state index in [1.165, 1.54) is 12.1 Å². The van der Waals surface area contributed by atoms with E-state index in [0.717, 1.165) is 16.8 Å². The van der Waals surface area contributed by atoms with Crippen molar-refractivity contribution in [1.82, 2.24) is 15.2 Å². The molecule has 0 spiro atoms. The molecule has 0 aliphatic rings. The average Bonchev–Trinajstić information content (AvgIpc) is 3.19. The summed E-state index contributed by atoms with van der Waals surface area (Å²) in [7, 11) is 3.58. The van der Waals surface area contributed by atoms with Crippen LogP contribution in [0.25, 0.3) is 11.5 Å². The number of oxazole rings is 1. The number of hydrogen-bond donors (Lipinski definition) is 1. The minimum Gasteiger partial charge on any atom is -0.444 e. The number of benzene rings is 2. The number of halogens is 2. The minimum absolute atomic E-state index is 0.133. The topological polar surface area (TPSA) is 62.9 Å².